The molecule has 18 nitrogen and oxygen atoms in total. The summed E-state index contributed by atoms with van der Waals surface area (Å²) >= 11 is 0. The number of ketones is 1. The van der Waals surface area contributed by atoms with E-state index in [9.17, 15) is 70.6 Å². The molecule has 1 fully saturated rings. The zero-order chi connectivity index (χ0) is 48.8. The second kappa shape index (κ2) is 30.0. The number of carboxylic acids is 1. The number of carbonyl (C=O) groups is 3. The maximum absolute atomic E-state index is 12.9. The van der Waals surface area contributed by atoms with Crippen molar-refractivity contribution in [2.45, 2.75) is 184 Å². The summed E-state index contributed by atoms with van der Waals surface area (Å²) < 4.78 is 17.0. The number of hydrogen-bond donors (Lipinski definition) is 12. The molecule has 2 aliphatic rings. The molecule has 2 aliphatic heterocycles. The normalized spacial score (nSPS) is 42.0. The highest BCUT2D eigenvalue weighted by molar-refractivity contribution is 5.81. The number of cyclic esters (lactones) is 1. The Labute approximate surface area is 381 Å². The Kier molecular flexibility index (Phi) is 26.6. The summed E-state index contributed by atoms with van der Waals surface area (Å²) in [5.74, 6) is -5.88. The van der Waals surface area contributed by atoms with Crippen molar-refractivity contribution < 1.29 is 84.8 Å². The summed E-state index contributed by atoms with van der Waals surface area (Å²) in [5, 5.41) is 116. The number of Topliss-reactive ketones (excluding diaryl/α,β-unsaturated/α-hetero) is 1. The second-order valence-electron chi connectivity index (χ2n) is 17.4. The van der Waals surface area contributed by atoms with Gasteiger partial charge in [0.15, 0.2) is 6.29 Å². The number of ether oxygens (including phenoxy) is 3. The molecule has 0 saturated carbocycles. The molecular weight excluding hydrogens is 851 g/mol. The fraction of sp³-hybridized carbons (Fsp3) is 0.681. The van der Waals surface area contributed by atoms with Crippen molar-refractivity contribution in [1.82, 2.24) is 0 Å². The average Bonchev–Trinajstić information content (AvgIpc) is 3.22. The van der Waals surface area contributed by atoms with Crippen LogP contribution in [0.3, 0.4) is 0 Å². The van der Waals surface area contributed by atoms with Crippen LogP contribution in [0.1, 0.15) is 91.9 Å². The van der Waals surface area contributed by atoms with E-state index in [1.807, 2.05) is 43.4 Å². The number of allylic oxidation sites excluding steroid dienone is 10. The first-order valence-corrected chi connectivity index (χ1v) is 22.4. The van der Waals surface area contributed by atoms with Crippen LogP contribution in [0.25, 0.3) is 0 Å². The Morgan fingerprint density at radius 3 is 1.83 bits per heavy atom. The number of nitrogens with two attached hydrogens (primary N) is 1. The molecule has 0 aromatic rings. The van der Waals surface area contributed by atoms with Gasteiger partial charge >= 0.3 is 11.9 Å². The summed E-state index contributed by atoms with van der Waals surface area (Å²) in [5.41, 5.74) is 5.96. The van der Waals surface area contributed by atoms with E-state index in [0.717, 1.165) is 12.8 Å². The number of aliphatic hydroxyl groups is 10. The molecule has 0 aromatic carbocycles. The Hall–Kier alpha value is -3.47. The van der Waals surface area contributed by atoms with Crippen LogP contribution in [0, 0.1) is 17.8 Å². The van der Waals surface area contributed by atoms with E-state index in [2.05, 4.69) is 0 Å². The van der Waals surface area contributed by atoms with Gasteiger partial charge in [-0.3, -0.25) is 14.4 Å². The lowest BCUT2D eigenvalue weighted by Crippen LogP contribution is -2.61. The van der Waals surface area contributed by atoms with Gasteiger partial charge < -0.3 is 76.1 Å². The minimum absolute atomic E-state index is 0.144. The van der Waals surface area contributed by atoms with Crippen LogP contribution < -0.4 is 5.73 Å². The highest BCUT2D eigenvalue weighted by atomic mass is 16.7. The molecule has 0 radical (unpaired) electrons. The molecule has 18 atom stereocenters. The van der Waals surface area contributed by atoms with Gasteiger partial charge in [0, 0.05) is 31.1 Å². The third-order valence-corrected chi connectivity index (χ3v) is 11.7. The van der Waals surface area contributed by atoms with E-state index in [0.29, 0.717) is 0 Å². The zero-order valence-electron chi connectivity index (χ0n) is 37.8. The first-order valence-electron chi connectivity index (χ1n) is 22.4. The number of hydrogen-bond acceptors (Lipinski definition) is 17. The van der Waals surface area contributed by atoms with Gasteiger partial charge in [0.1, 0.15) is 23.9 Å². The number of carboxylic acid groups (broad SMARTS) is 1. The first-order chi connectivity index (χ1) is 30.6. The van der Waals surface area contributed by atoms with Gasteiger partial charge in [-0.15, -0.1) is 0 Å². The van der Waals surface area contributed by atoms with E-state index < -0.39 is 147 Å². The molecule has 0 aliphatic carbocycles. The lowest BCUT2D eigenvalue weighted by atomic mass is 9.88. The predicted octanol–water partition coefficient (Wildman–Crippen LogP) is 0.778. The van der Waals surface area contributed by atoms with Crippen LogP contribution in [0.15, 0.2) is 72.9 Å². The number of esters is 1. The predicted molar refractivity (Wildman–Crippen MR) is 238 cm³/mol. The fourth-order valence-corrected chi connectivity index (χ4v) is 7.45. The van der Waals surface area contributed by atoms with E-state index in [1.54, 1.807) is 44.2 Å². The van der Waals surface area contributed by atoms with Gasteiger partial charge in [0.25, 0.3) is 0 Å². The maximum atomic E-state index is 12.9. The molecule has 0 aromatic heterocycles. The summed E-state index contributed by atoms with van der Waals surface area (Å²) in [4.78, 5) is 37.8. The largest absolute Gasteiger partial charge is 0.481 e. The van der Waals surface area contributed by atoms with Crippen molar-refractivity contribution in [1.29, 1.82) is 0 Å². The standard InChI is InChI=1S/C47H75NO17/c1-27-17-15-13-11-9-7-5-6-8-10-12-14-16-18-35(65-47-45(60)42(48)44(59)30(4)64-47)26-39(56)41(46(61)62)38(55)24-34(52)23-37(54)36(53)20-19-31(49)21-32(50)22-33(51)25-40(57)63-29(3)28(2)43(27)58/h5-6,8,10-18,27-33,35-39,41-45,47,49-51,53-56,58-60H,7,9,19-26,48H2,1-4H3,(H,61,62)/b6-5+,10-8-,13-11?,14-12-,17-15+,18-16-. The maximum Gasteiger partial charge on any atom is 0.311 e. The van der Waals surface area contributed by atoms with Crippen LogP contribution in [-0.4, -0.2) is 166 Å². The molecular formula is C47H75NO17. The van der Waals surface area contributed by atoms with E-state index in [-0.39, 0.29) is 31.6 Å². The smallest absolute Gasteiger partial charge is 0.311 e. The van der Waals surface area contributed by atoms with Crippen LogP contribution in [0.4, 0.5) is 0 Å². The molecule has 18 heteroatoms. The molecule has 0 amide bonds. The quantitative estimate of drug-likeness (QED) is 0.174. The molecule has 2 heterocycles. The van der Waals surface area contributed by atoms with Crippen LogP contribution in [-0.2, 0) is 28.6 Å². The van der Waals surface area contributed by atoms with E-state index >= 15 is 0 Å². The minimum atomic E-state index is -1.95. The molecule has 13 N–H and O–H groups in total. The van der Waals surface area contributed by atoms with Gasteiger partial charge in [0.05, 0.1) is 79.6 Å². The minimum Gasteiger partial charge on any atom is -0.481 e. The van der Waals surface area contributed by atoms with Crippen molar-refractivity contribution >= 4 is 17.7 Å². The molecule has 0 spiro atoms. The fourth-order valence-electron chi connectivity index (χ4n) is 7.45. The topological polar surface area (TPSA) is 327 Å². The third-order valence-electron chi connectivity index (χ3n) is 11.7. The van der Waals surface area contributed by atoms with E-state index in [1.165, 1.54) is 13.0 Å². The van der Waals surface area contributed by atoms with Crippen LogP contribution in [0.5, 0.6) is 0 Å². The SMILES string of the molecule is CC1/C=C/C=CCC/C=C/C=C\C=C/C=C\C(OC2OC(C)C(O)C(N)C2O)CC(O)C(C(=O)O)C(O)CC(=O)CC(O)C(O)CCC(O)CC(O)CC(O)CC(=O)OC(C)C(C)C1O. The molecule has 1 saturated heterocycles. The van der Waals surface area contributed by atoms with Crippen LogP contribution >= 0.6 is 0 Å². The average molecular weight is 926 g/mol. The van der Waals surface area contributed by atoms with Crippen molar-refractivity contribution in [3.63, 3.8) is 0 Å². The van der Waals surface area contributed by atoms with Crippen molar-refractivity contribution in [2.75, 3.05) is 0 Å². The Morgan fingerprint density at radius 2 is 1.18 bits per heavy atom. The number of aliphatic hydroxyl groups excluding tert-OH is 10. The Bertz CT molecular complexity index is 1600. The first kappa shape index (κ1) is 57.7. The van der Waals surface area contributed by atoms with Gasteiger partial charge in [-0.25, -0.2) is 0 Å². The van der Waals surface area contributed by atoms with Gasteiger partial charge in [-0.1, -0.05) is 86.8 Å². The van der Waals surface area contributed by atoms with Crippen molar-refractivity contribution in [3.05, 3.63) is 72.9 Å². The summed E-state index contributed by atoms with van der Waals surface area (Å²) in [6.07, 6.45) is 0.848. The molecule has 2 rings (SSSR count). The molecule has 18 unspecified atom stereocenters. The number of aliphatic carboxylic acids is 1. The zero-order valence-corrected chi connectivity index (χ0v) is 37.8. The summed E-state index contributed by atoms with van der Waals surface area (Å²) in [6.45, 7) is 6.73. The van der Waals surface area contributed by atoms with Gasteiger partial charge in [0.2, 0.25) is 0 Å². The number of carbonyl (C=O) groups excluding carboxylic acids is 2. The third kappa shape index (κ3) is 21.4. The Balaban J connectivity index is 2.26. The van der Waals surface area contributed by atoms with Crippen LogP contribution in [0.2, 0.25) is 0 Å². The monoisotopic (exact) mass is 926 g/mol. The second-order valence-corrected chi connectivity index (χ2v) is 17.4. The lowest BCUT2D eigenvalue weighted by Gasteiger charge is -2.41. The van der Waals surface area contributed by atoms with Gasteiger partial charge in [-0.2, -0.15) is 0 Å². The molecule has 65 heavy (non-hydrogen) atoms. The Morgan fingerprint density at radius 1 is 0.615 bits per heavy atom. The number of rotatable bonds is 3. The van der Waals surface area contributed by atoms with Gasteiger partial charge in [-0.05, 0) is 52.4 Å². The highest BCUT2D eigenvalue weighted by Crippen LogP contribution is 2.26. The lowest BCUT2D eigenvalue weighted by molar-refractivity contribution is -0.277. The molecule has 370 valence electrons. The summed E-state index contributed by atoms with van der Waals surface area (Å²) in [7, 11) is 0. The highest BCUT2D eigenvalue weighted by Gasteiger charge is 2.43. The van der Waals surface area contributed by atoms with E-state index in [4.69, 9.17) is 19.9 Å². The van der Waals surface area contributed by atoms with Crippen molar-refractivity contribution in [3.8, 4) is 0 Å². The van der Waals surface area contributed by atoms with Crippen molar-refractivity contribution in [2.24, 2.45) is 23.5 Å². The summed E-state index contributed by atoms with van der Waals surface area (Å²) in [6, 6.07) is -1.15. The molecule has 0 bridgehead atoms.